The second kappa shape index (κ2) is 8.68. The van der Waals surface area contributed by atoms with Crippen LogP contribution in [0.5, 0.6) is 0 Å². The summed E-state index contributed by atoms with van der Waals surface area (Å²) in [6.45, 7) is 14.8. The number of hydrogen-bond donors (Lipinski definition) is 1. The number of rotatable bonds is 6. The highest BCUT2D eigenvalue weighted by Crippen LogP contribution is 2.88. The Labute approximate surface area is 235 Å². The summed E-state index contributed by atoms with van der Waals surface area (Å²) in [5.74, 6) is 1.70. The van der Waals surface area contributed by atoms with Crippen molar-refractivity contribution in [1.82, 2.24) is 10.2 Å². The smallest absolute Gasteiger partial charge is 0.217 e. The largest absolute Gasteiger partial charge is 0.353 e. The van der Waals surface area contributed by atoms with Crippen LogP contribution in [0.4, 0.5) is 0 Å². The van der Waals surface area contributed by atoms with Crippen LogP contribution in [0.2, 0.25) is 0 Å². The molecule has 11 atom stereocenters. The van der Waals surface area contributed by atoms with Crippen molar-refractivity contribution in [2.45, 2.75) is 112 Å². The van der Waals surface area contributed by atoms with Crippen molar-refractivity contribution in [2.24, 2.45) is 50.7 Å². The summed E-state index contributed by atoms with van der Waals surface area (Å²) >= 11 is 5.67. The van der Waals surface area contributed by atoms with Crippen molar-refractivity contribution < 1.29 is 14.4 Å². The minimum atomic E-state index is -0.264. The number of nitrogens with zero attached hydrogens (tertiary/aromatic N) is 1. The molecular formula is C32H50N2O3S. The normalized spacial score (nSPS) is 49.8. The number of nitrogens with one attached hydrogen (secondary N) is 1. The first kappa shape index (κ1) is 28.4. The standard InChI is InChI=1S/C32H50N2O3S/c1-18(38)14-28(5)23-10-11-24-29(6)15-22(20(3)35)27(19(2)34(8)9)30(29,7)16-26(37)32(24)17-31(23,32)13-12-25(28)33-21(4)36/h19,22-25,27H,10-17H2,1-9H3,(H,33,36)/t19-,22-,23-,24-,25-,27-,28-,29-,30+,31+,32-/m0/s1. The molecule has 2 spiro atoms. The van der Waals surface area contributed by atoms with Gasteiger partial charge < -0.3 is 10.2 Å². The molecule has 5 saturated carbocycles. The number of hydrogen-bond acceptors (Lipinski definition) is 5. The van der Waals surface area contributed by atoms with E-state index < -0.39 is 0 Å². The van der Waals surface area contributed by atoms with Gasteiger partial charge in [-0.05, 0) is 124 Å². The topological polar surface area (TPSA) is 66.5 Å². The maximum absolute atomic E-state index is 14.6. The maximum atomic E-state index is 14.6. The first-order valence-electron chi connectivity index (χ1n) is 15.0. The quantitative estimate of drug-likeness (QED) is 0.441. The van der Waals surface area contributed by atoms with Crippen LogP contribution >= 0.6 is 12.2 Å². The van der Waals surface area contributed by atoms with Gasteiger partial charge in [-0.25, -0.2) is 0 Å². The van der Waals surface area contributed by atoms with Gasteiger partial charge in [-0.2, -0.15) is 0 Å². The van der Waals surface area contributed by atoms with E-state index in [1.54, 1.807) is 13.8 Å². The van der Waals surface area contributed by atoms with Crippen molar-refractivity contribution in [3.63, 3.8) is 0 Å². The third kappa shape index (κ3) is 3.37. The predicted octanol–water partition coefficient (Wildman–Crippen LogP) is 5.63. The molecular weight excluding hydrogens is 492 g/mol. The van der Waals surface area contributed by atoms with Gasteiger partial charge in [0.25, 0.3) is 0 Å². The van der Waals surface area contributed by atoms with Crippen molar-refractivity contribution >= 4 is 34.6 Å². The lowest BCUT2D eigenvalue weighted by Crippen LogP contribution is -2.63. The second-order valence-electron chi connectivity index (χ2n) is 15.2. The molecule has 5 aliphatic rings. The van der Waals surface area contributed by atoms with Gasteiger partial charge in [-0.3, -0.25) is 14.4 Å². The van der Waals surface area contributed by atoms with E-state index in [1.165, 1.54) is 0 Å². The van der Waals surface area contributed by atoms with Crippen molar-refractivity contribution in [3.05, 3.63) is 0 Å². The van der Waals surface area contributed by atoms with Crippen molar-refractivity contribution in [2.75, 3.05) is 14.1 Å². The van der Waals surface area contributed by atoms with Gasteiger partial charge in [-0.1, -0.05) is 33.0 Å². The molecule has 1 amide bonds. The van der Waals surface area contributed by atoms with E-state index in [0.717, 1.165) is 49.8 Å². The molecule has 0 unspecified atom stereocenters. The van der Waals surface area contributed by atoms with E-state index in [0.29, 0.717) is 29.8 Å². The van der Waals surface area contributed by atoms with Gasteiger partial charge in [0.15, 0.2) is 0 Å². The Balaban J connectivity index is 1.58. The Kier molecular flexibility index (Phi) is 6.48. The Bertz CT molecular complexity index is 1090. The summed E-state index contributed by atoms with van der Waals surface area (Å²) in [5, 5.41) is 3.30. The molecule has 0 aliphatic heterocycles. The molecule has 0 radical (unpaired) electrons. The van der Waals surface area contributed by atoms with Crippen LogP contribution in [-0.4, -0.2) is 53.4 Å². The molecule has 0 aromatic heterocycles. The zero-order valence-corrected chi connectivity index (χ0v) is 26.0. The molecule has 5 rings (SSSR count). The lowest BCUT2D eigenvalue weighted by atomic mass is 9.41. The Morgan fingerprint density at radius 3 is 2.24 bits per heavy atom. The van der Waals surface area contributed by atoms with Crippen LogP contribution in [0.1, 0.15) is 99.8 Å². The van der Waals surface area contributed by atoms with E-state index in [9.17, 15) is 14.4 Å². The first-order valence-corrected chi connectivity index (χ1v) is 15.4. The minimum absolute atomic E-state index is 0.0102. The number of carbonyl (C=O) groups is 3. The highest BCUT2D eigenvalue weighted by atomic mass is 32.1. The number of thiocarbonyl (C=S) groups is 1. The summed E-state index contributed by atoms with van der Waals surface area (Å²) in [6.07, 6.45) is 7.37. The molecule has 0 heterocycles. The number of carbonyl (C=O) groups excluding carboxylic acids is 3. The summed E-state index contributed by atoms with van der Waals surface area (Å²) < 4.78 is 0. The molecule has 38 heavy (non-hydrogen) atoms. The van der Waals surface area contributed by atoms with Crippen molar-refractivity contribution in [3.8, 4) is 0 Å². The van der Waals surface area contributed by atoms with E-state index in [4.69, 9.17) is 12.2 Å². The minimum Gasteiger partial charge on any atom is -0.353 e. The van der Waals surface area contributed by atoms with Gasteiger partial charge in [0.05, 0.1) is 0 Å². The van der Waals surface area contributed by atoms with Crippen molar-refractivity contribution in [1.29, 1.82) is 0 Å². The van der Waals surface area contributed by atoms with Gasteiger partial charge >= 0.3 is 0 Å². The molecule has 0 bridgehead atoms. The summed E-state index contributed by atoms with van der Waals surface area (Å²) in [4.78, 5) is 43.2. The zero-order valence-electron chi connectivity index (χ0n) is 25.2. The summed E-state index contributed by atoms with van der Waals surface area (Å²) in [6, 6.07) is 0.338. The third-order valence-electron chi connectivity index (χ3n) is 13.6. The van der Waals surface area contributed by atoms with Crippen LogP contribution in [0.3, 0.4) is 0 Å². The molecule has 212 valence electrons. The molecule has 1 N–H and O–H groups in total. The fourth-order valence-corrected chi connectivity index (χ4v) is 12.2. The van der Waals surface area contributed by atoms with Crippen LogP contribution in [0.25, 0.3) is 0 Å². The van der Waals surface area contributed by atoms with Gasteiger partial charge in [0.1, 0.15) is 11.6 Å². The molecule has 6 heteroatoms. The number of fused-ring (bicyclic) bond motifs is 2. The highest BCUT2D eigenvalue weighted by molar-refractivity contribution is 7.80. The van der Waals surface area contributed by atoms with E-state index in [-0.39, 0.29) is 56.9 Å². The lowest BCUT2D eigenvalue weighted by Gasteiger charge is -2.63. The average Bonchev–Trinajstić information content (AvgIpc) is 3.42. The molecule has 0 aromatic rings. The average molecular weight is 543 g/mol. The third-order valence-corrected chi connectivity index (χ3v) is 13.8. The van der Waals surface area contributed by atoms with E-state index in [2.05, 4.69) is 52.0 Å². The SMILES string of the molecule is CC(=O)N[C@H]1CC[C@]23C[C@]24C(=O)C[C@]2(C)[C@@H]([C@H](C)N(C)C)[C@H](C(C)=O)C[C@@]2(C)[C@@H]4CC[C@H]3[C@]1(C)CC(C)=S. The maximum Gasteiger partial charge on any atom is 0.217 e. The molecule has 5 fully saturated rings. The molecule has 5 aliphatic carbocycles. The van der Waals surface area contributed by atoms with Crippen LogP contribution in [-0.2, 0) is 14.4 Å². The molecule has 5 nitrogen and oxygen atoms in total. The molecule has 0 saturated heterocycles. The summed E-state index contributed by atoms with van der Waals surface area (Å²) in [7, 11) is 4.22. The van der Waals surface area contributed by atoms with E-state index >= 15 is 0 Å². The zero-order chi connectivity index (χ0) is 28.2. The Morgan fingerprint density at radius 1 is 1.05 bits per heavy atom. The van der Waals surface area contributed by atoms with Gasteiger partial charge in [-0.15, -0.1) is 0 Å². The van der Waals surface area contributed by atoms with Crippen LogP contribution in [0, 0.1) is 50.7 Å². The predicted molar refractivity (Wildman–Crippen MR) is 155 cm³/mol. The highest BCUT2D eigenvalue weighted by Gasteiger charge is 2.86. The summed E-state index contributed by atoms with van der Waals surface area (Å²) in [5.41, 5.74) is -0.599. The van der Waals surface area contributed by atoms with Gasteiger partial charge in [0, 0.05) is 36.8 Å². The van der Waals surface area contributed by atoms with Gasteiger partial charge in [0.2, 0.25) is 5.91 Å². The van der Waals surface area contributed by atoms with E-state index in [1.807, 2.05) is 6.92 Å². The van der Waals surface area contributed by atoms with Crippen LogP contribution < -0.4 is 5.32 Å². The second-order valence-corrected chi connectivity index (χ2v) is 15.9. The van der Waals surface area contributed by atoms with Crippen LogP contribution in [0.15, 0.2) is 0 Å². The Hall–Kier alpha value is -1.14. The number of amides is 1. The monoisotopic (exact) mass is 542 g/mol. The molecule has 0 aromatic carbocycles. The fraction of sp³-hybridized carbons (Fsp3) is 0.875. The number of Topliss-reactive ketones (excluding diaryl/α,β-unsaturated/α-hetero) is 2. The first-order chi connectivity index (χ1) is 17.5. The fourth-order valence-electron chi connectivity index (χ4n) is 11.9. The lowest BCUT2D eigenvalue weighted by molar-refractivity contribution is -0.170. The number of ketones is 2. The Morgan fingerprint density at radius 2 is 1.68 bits per heavy atom.